The van der Waals surface area contributed by atoms with Crippen LogP contribution in [-0.4, -0.2) is 26.5 Å². The minimum atomic E-state index is -0.911. The first-order valence-corrected chi connectivity index (χ1v) is 7.28. The topological polar surface area (TPSA) is 80.9 Å². The Balaban J connectivity index is 2.15. The fourth-order valence-corrected chi connectivity index (χ4v) is 2.83. The lowest BCUT2D eigenvalue weighted by molar-refractivity contribution is 0.156. The number of hydrogen-bond donors (Lipinski definition) is 4. The molecule has 0 heterocycles. The summed E-state index contributed by atoms with van der Waals surface area (Å²) in [5, 5.41) is 39.9. The lowest BCUT2D eigenvalue weighted by atomic mass is 9.87. The first kappa shape index (κ1) is 14.5. The van der Waals surface area contributed by atoms with Crippen molar-refractivity contribution in [3.63, 3.8) is 0 Å². The molecule has 4 N–H and O–H groups in total. The zero-order valence-corrected chi connectivity index (χ0v) is 12.0. The lowest BCUT2D eigenvalue weighted by Gasteiger charge is -2.21. The van der Waals surface area contributed by atoms with Crippen LogP contribution in [0.15, 0.2) is 59.8 Å². The maximum absolute atomic E-state index is 10.2. The quantitative estimate of drug-likeness (QED) is 0.670. The van der Waals surface area contributed by atoms with E-state index in [9.17, 15) is 20.4 Å². The Bertz CT molecular complexity index is 722. The number of rotatable bonds is 2. The summed E-state index contributed by atoms with van der Waals surface area (Å²) in [7, 11) is 0. The highest BCUT2D eigenvalue weighted by Crippen LogP contribution is 2.36. The Kier molecular flexibility index (Phi) is 3.77. The van der Waals surface area contributed by atoms with Gasteiger partial charge in [0, 0.05) is 17.6 Å². The molecule has 0 bridgehead atoms. The average Bonchev–Trinajstić information content (AvgIpc) is 2.53. The van der Waals surface area contributed by atoms with Crippen molar-refractivity contribution in [2.24, 2.45) is 0 Å². The van der Waals surface area contributed by atoms with Crippen LogP contribution in [0.3, 0.4) is 0 Å². The van der Waals surface area contributed by atoms with Gasteiger partial charge in [-0.2, -0.15) is 0 Å². The number of aliphatic hydroxyl groups is 4. The van der Waals surface area contributed by atoms with E-state index in [1.807, 2.05) is 30.3 Å². The minimum Gasteiger partial charge on any atom is -0.509 e. The zero-order chi connectivity index (χ0) is 15.7. The number of benzene rings is 1. The number of aliphatic hydroxyl groups excluding tert-OH is 4. The second kappa shape index (κ2) is 5.73. The molecule has 114 valence electrons. The normalized spacial score (nSPS) is 22.0. The summed E-state index contributed by atoms with van der Waals surface area (Å²) >= 11 is 0. The fourth-order valence-electron chi connectivity index (χ4n) is 2.83. The molecule has 1 aromatic carbocycles. The molecule has 0 fully saturated rings. The monoisotopic (exact) mass is 298 g/mol. The van der Waals surface area contributed by atoms with E-state index in [-0.39, 0.29) is 17.3 Å². The van der Waals surface area contributed by atoms with Gasteiger partial charge in [0.1, 0.15) is 17.6 Å². The zero-order valence-electron chi connectivity index (χ0n) is 12.0. The third-order valence-corrected chi connectivity index (χ3v) is 4.00. The fraction of sp³-hybridized carbons (Fsp3) is 0.222. The first-order chi connectivity index (χ1) is 10.6. The van der Waals surface area contributed by atoms with E-state index in [1.54, 1.807) is 12.2 Å². The van der Waals surface area contributed by atoms with Crippen LogP contribution in [0.4, 0.5) is 0 Å². The van der Waals surface area contributed by atoms with Crippen molar-refractivity contribution in [1.82, 2.24) is 0 Å². The molecule has 0 amide bonds. The summed E-state index contributed by atoms with van der Waals surface area (Å²) < 4.78 is 0. The molecule has 0 aliphatic heterocycles. The maximum Gasteiger partial charge on any atom is 0.160 e. The molecule has 0 spiro atoms. The van der Waals surface area contributed by atoms with Crippen molar-refractivity contribution in [2.75, 3.05) is 0 Å². The van der Waals surface area contributed by atoms with Gasteiger partial charge in [0.15, 0.2) is 5.76 Å². The minimum absolute atomic E-state index is 0.0234. The smallest absolute Gasteiger partial charge is 0.160 e. The molecule has 0 unspecified atom stereocenters. The summed E-state index contributed by atoms with van der Waals surface area (Å²) in [6.45, 7) is 0. The van der Waals surface area contributed by atoms with Crippen LogP contribution in [0.25, 0.3) is 11.1 Å². The van der Waals surface area contributed by atoms with Crippen molar-refractivity contribution < 1.29 is 20.4 Å². The number of hydrogen-bond acceptors (Lipinski definition) is 4. The third kappa shape index (κ3) is 2.42. The predicted octanol–water partition coefficient (Wildman–Crippen LogP) is 3.78. The van der Waals surface area contributed by atoms with Crippen molar-refractivity contribution in [2.45, 2.75) is 25.4 Å². The summed E-state index contributed by atoms with van der Waals surface area (Å²) in [4.78, 5) is 0. The molecule has 2 aliphatic rings. The van der Waals surface area contributed by atoms with E-state index >= 15 is 0 Å². The van der Waals surface area contributed by atoms with E-state index in [0.717, 1.165) is 0 Å². The van der Waals surface area contributed by atoms with Crippen LogP contribution >= 0.6 is 0 Å². The molecule has 2 aliphatic carbocycles. The van der Waals surface area contributed by atoms with Crippen LogP contribution in [0.2, 0.25) is 0 Å². The molecule has 4 nitrogen and oxygen atoms in total. The van der Waals surface area contributed by atoms with Gasteiger partial charge in [0.25, 0.3) is 0 Å². The van der Waals surface area contributed by atoms with Crippen LogP contribution in [0, 0.1) is 0 Å². The van der Waals surface area contributed by atoms with Crippen LogP contribution in [0.1, 0.15) is 30.4 Å². The van der Waals surface area contributed by atoms with Crippen LogP contribution < -0.4 is 0 Å². The van der Waals surface area contributed by atoms with Gasteiger partial charge in [-0.1, -0.05) is 42.5 Å². The number of allylic oxidation sites excluding steroid dienone is 5. The van der Waals surface area contributed by atoms with Gasteiger partial charge in [0.2, 0.25) is 0 Å². The Morgan fingerprint density at radius 1 is 1.00 bits per heavy atom. The van der Waals surface area contributed by atoms with Gasteiger partial charge in [0.05, 0.1) is 0 Å². The molecule has 22 heavy (non-hydrogen) atoms. The van der Waals surface area contributed by atoms with Crippen molar-refractivity contribution in [3.8, 4) is 0 Å². The molecule has 0 radical (unpaired) electrons. The standard InChI is InChI=1S/C18H18O4/c19-15-9-3-7-13(17(15)21)11-5-1-2-6-12(11)14-8-4-10-16(20)18(14)22/h1-3,5-8,15,19-22H,4,9-10H2/t15-/m1/s1. The predicted molar refractivity (Wildman–Crippen MR) is 85.2 cm³/mol. The summed E-state index contributed by atoms with van der Waals surface area (Å²) in [5.74, 6) is -0.220. The van der Waals surface area contributed by atoms with E-state index < -0.39 is 6.10 Å². The highest BCUT2D eigenvalue weighted by molar-refractivity contribution is 5.89. The Morgan fingerprint density at radius 3 is 2.50 bits per heavy atom. The van der Waals surface area contributed by atoms with E-state index in [2.05, 4.69) is 0 Å². The Hall–Kier alpha value is -2.46. The lowest BCUT2D eigenvalue weighted by Crippen LogP contribution is -2.14. The molecule has 1 atom stereocenters. The molecule has 0 saturated heterocycles. The van der Waals surface area contributed by atoms with Gasteiger partial charge in [-0.05, 0) is 24.0 Å². The molecule has 4 heteroatoms. The molecular formula is C18H18O4. The maximum atomic E-state index is 10.2. The van der Waals surface area contributed by atoms with Gasteiger partial charge in [-0.25, -0.2) is 0 Å². The second-order valence-electron chi connectivity index (χ2n) is 5.45. The van der Waals surface area contributed by atoms with Crippen molar-refractivity contribution in [1.29, 1.82) is 0 Å². The largest absolute Gasteiger partial charge is 0.509 e. The van der Waals surface area contributed by atoms with Crippen LogP contribution in [-0.2, 0) is 0 Å². The highest BCUT2D eigenvalue weighted by Gasteiger charge is 2.23. The Morgan fingerprint density at radius 2 is 1.73 bits per heavy atom. The molecule has 1 aromatic rings. The van der Waals surface area contributed by atoms with Gasteiger partial charge >= 0.3 is 0 Å². The second-order valence-corrected chi connectivity index (χ2v) is 5.45. The summed E-state index contributed by atoms with van der Waals surface area (Å²) in [6.07, 6.45) is 5.98. The van der Waals surface area contributed by atoms with E-state index in [4.69, 9.17) is 0 Å². The molecule has 0 aromatic heterocycles. The van der Waals surface area contributed by atoms with Gasteiger partial charge in [-0.3, -0.25) is 0 Å². The first-order valence-electron chi connectivity index (χ1n) is 7.28. The molecule has 0 saturated carbocycles. The summed E-state index contributed by atoms with van der Waals surface area (Å²) in [5.41, 5.74) is 2.51. The molecule has 3 rings (SSSR count). The Labute approximate surface area is 128 Å². The van der Waals surface area contributed by atoms with Crippen LogP contribution in [0.5, 0.6) is 0 Å². The van der Waals surface area contributed by atoms with Gasteiger partial charge in [-0.15, -0.1) is 0 Å². The van der Waals surface area contributed by atoms with Crippen molar-refractivity contribution in [3.05, 3.63) is 70.9 Å². The van der Waals surface area contributed by atoms with E-state index in [0.29, 0.717) is 41.5 Å². The summed E-state index contributed by atoms with van der Waals surface area (Å²) in [6, 6.07) is 7.31. The van der Waals surface area contributed by atoms with Crippen molar-refractivity contribution >= 4 is 11.1 Å². The SMILES string of the molecule is OC1=C(O)C(c2ccccc2C2=C(O)[C@H](O)CC=C2)=CCC1. The molecular weight excluding hydrogens is 280 g/mol. The average molecular weight is 298 g/mol. The van der Waals surface area contributed by atoms with E-state index in [1.165, 1.54) is 0 Å². The third-order valence-electron chi connectivity index (χ3n) is 4.00. The van der Waals surface area contributed by atoms with Gasteiger partial charge < -0.3 is 20.4 Å². The highest BCUT2D eigenvalue weighted by atomic mass is 16.3.